The predicted molar refractivity (Wildman–Crippen MR) is 75.5 cm³/mol. The van der Waals surface area contributed by atoms with Gasteiger partial charge in [-0.3, -0.25) is 14.5 Å². The summed E-state index contributed by atoms with van der Waals surface area (Å²) >= 11 is 5.98. The molecule has 0 radical (unpaired) electrons. The SMILES string of the molecule is CN1C(=O)CC(Nc2cc(Cl)nc(C(C)(C)C)n2)C1=O. The van der Waals surface area contributed by atoms with Crippen molar-refractivity contribution in [3.63, 3.8) is 0 Å². The molecule has 1 aliphatic heterocycles. The fourth-order valence-electron chi connectivity index (χ4n) is 1.87. The third-order valence-corrected chi connectivity index (χ3v) is 3.26. The molecule has 1 N–H and O–H groups in total. The van der Waals surface area contributed by atoms with Crippen molar-refractivity contribution in [2.75, 3.05) is 12.4 Å². The van der Waals surface area contributed by atoms with Crippen LogP contribution in [0.4, 0.5) is 5.82 Å². The zero-order chi connectivity index (χ0) is 15.1. The second kappa shape index (κ2) is 5.01. The minimum Gasteiger partial charge on any atom is -0.358 e. The Hall–Kier alpha value is -1.69. The van der Waals surface area contributed by atoms with Gasteiger partial charge in [-0.15, -0.1) is 0 Å². The molecule has 0 spiro atoms. The van der Waals surface area contributed by atoms with Gasteiger partial charge in [-0.05, 0) is 0 Å². The van der Waals surface area contributed by atoms with Gasteiger partial charge in [0.25, 0.3) is 5.91 Å². The van der Waals surface area contributed by atoms with Gasteiger partial charge < -0.3 is 5.32 Å². The number of anilines is 1. The van der Waals surface area contributed by atoms with E-state index < -0.39 is 6.04 Å². The number of halogens is 1. The van der Waals surface area contributed by atoms with Crippen molar-refractivity contribution < 1.29 is 9.59 Å². The van der Waals surface area contributed by atoms with E-state index in [1.165, 1.54) is 7.05 Å². The highest BCUT2D eigenvalue weighted by molar-refractivity contribution is 6.29. The van der Waals surface area contributed by atoms with Crippen molar-refractivity contribution >= 4 is 29.2 Å². The number of likely N-dealkylation sites (N-methyl/N-ethyl adjacent to an activating group) is 1. The number of rotatable bonds is 2. The highest BCUT2D eigenvalue weighted by atomic mass is 35.5. The molecule has 2 rings (SSSR count). The second-order valence-electron chi connectivity index (χ2n) is 5.84. The molecular weight excluding hydrogens is 280 g/mol. The zero-order valence-corrected chi connectivity index (χ0v) is 12.7. The van der Waals surface area contributed by atoms with Crippen LogP contribution in [0.1, 0.15) is 33.0 Å². The number of nitrogens with one attached hydrogen (secondary N) is 1. The maximum Gasteiger partial charge on any atom is 0.251 e. The fraction of sp³-hybridized carbons (Fsp3) is 0.538. The van der Waals surface area contributed by atoms with Crippen LogP contribution in [0.2, 0.25) is 5.15 Å². The molecule has 1 saturated heterocycles. The average Bonchev–Trinajstić information content (AvgIpc) is 2.55. The summed E-state index contributed by atoms with van der Waals surface area (Å²) < 4.78 is 0. The maximum absolute atomic E-state index is 11.9. The molecule has 0 aliphatic carbocycles. The molecule has 0 aromatic carbocycles. The summed E-state index contributed by atoms with van der Waals surface area (Å²) in [4.78, 5) is 33.0. The van der Waals surface area contributed by atoms with E-state index in [9.17, 15) is 9.59 Å². The van der Waals surface area contributed by atoms with Gasteiger partial charge in [0.2, 0.25) is 5.91 Å². The van der Waals surface area contributed by atoms with E-state index in [4.69, 9.17) is 11.6 Å². The van der Waals surface area contributed by atoms with Gasteiger partial charge in [0, 0.05) is 18.5 Å². The Bertz CT molecular complexity index is 568. The molecule has 1 fully saturated rings. The van der Waals surface area contributed by atoms with E-state index in [1.54, 1.807) is 6.07 Å². The molecule has 1 atom stereocenters. The molecule has 2 amide bonds. The molecule has 7 heteroatoms. The lowest BCUT2D eigenvalue weighted by molar-refractivity contribution is -0.136. The Morgan fingerprint density at radius 2 is 2.00 bits per heavy atom. The summed E-state index contributed by atoms with van der Waals surface area (Å²) in [5, 5.41) is 3.26. The maximum atomic E-state index is 11.9. The van der Waals surface area contributed by atoms with E-state index in [0.29, 0.717) is 16.8 Å². The monoisotopic (exact) mass is 296 g/mol. The Labute approximate surface area is 122 Å². The van der Waals surface area contributed by atoms with E-state index in [1.807, 2.05) is 20.8 Å². The standard InChI is InChI=1S/C13H17ClN4O2/c1-13(2,3)12-16-8(14)6-9(17-12)15-7-5-10(19)18(4)11(7)20/h6-7H,5H2,1-4H3,(H,15,16,17). The van der Waals surface area contributed by atoms with Gasteiger partial charge in [0.15, 0.2) is 0 Å². The summed E-state index contributed by atoms with van der Waals surface area (Å²) in [5.74, 6) is 0.569. The van der Waals surface area contributed by atoms with Crippen LogP contribution in [0.25, 0.3) is 0 Å². The minimum atomic E-state index is -0.591. The number of amides is 2. The summed E-state index contributed by atoms with van der Waals surface area (Å²) in [6.07, 6.45) is 0.127. The molecule has 0 bridgehead atoms. The lowest BCUT2D eigenvalue weighted by Gasteiger charge is -2.19. The molecule has 1 aromatic heterocycles. The zero-order valence-electron chi connectivity index (χ0n) is 11.9. The lowest BCUT2D eigenvalue weighted by atomic mass is 9.96. The smallest absolute Gasteiger partial charge is 0.251 e. The Balaban J connectivity index is 2.25. The topological polar surface area (TPSA) is 75.2 Å². The van der Waals surface area contributed by atoms with Gasteiger partial charge in [-0.1, -0.05) is 32.4 Å². The summed E-state index contributed by atoms with van der Waals surface area (Å²) in [6, 6.07) is 0.957. The first-order chi connectivity index (χ1) is 9.18. The van der Waals surface area contributed by atoms with Crippen molar-refractivity contribution in [3.05, 3.63) is 17.0 Å². The number of nitrogens with zero attached hydrogens (tertiary/aromatic N) is 3. The molecular formula is C13H17ClN4O2. The van der Waals surface area contributed by atoms with Crippen LogP contribution >= 0.6 is 11.6 Å². The van der Waals surface area contributed by atoms with Crippen LogP contribution in [-0.4, -0.2) is 39.8 Å². The molecule has 6 nitrogen and oxygen atoms in total. The normalized spacial score (nSPS) is 19.6. The molecule has 108 valence electrons. The average molecular weight is 297 g/mol. The van der Waals surface area contributed by atoms with E-state index in [-0.39, 0.29) is 23.7 Å². The van der Waals surface area contributed by atoms with Crippen molar-refractivity contribution in [1.29, 1.82) is 0 Å². The summed E-state index contributed by atoms with van der Waals surface area (Å²) in [7, 11) is 1.47. The van der Waals surface area contributed by atoms with Crippen molar-refractivity contribution in [1.82, 2.24) is 14.9 Å². The minimum absolute atomic E-state index is 0.127. The van der Waals surface area contributed by atoms with Crippen LogP contribution in [0.15, 0.2) is 6.07 Å². The van der Waals surface area contributed by atoms with Gasteiger partial charge in [0.1, 0.15) is 22.8 Å². The molecule has 20 heavy (non-hydrogen) atoms. The van der Waals surface area contributed by atoms with Crippen LogP contribution in [0, 0.1) is 0 Å². The molecule has 0 saturated carbocycles. The summed E-state index contributed by atoms with van der Waals surface area (Å²) in [5.41, 5.74) is -0.256. The quantitative estimate of drug-likeness (QED) is 0.663. The van der Waals surface area contributed by atoms with E-state index >= 15 is 0 Å². The van der Waals surface area contributed by atoms with Crippen LogP contribution in [0.5, 0.6) is 0 Å². The molecule has 1 aliphatic rings. The van der Waals surface area contributed by atoms with Crippen LogP contribution < -0.4 is 5.32 Å². The van der Waals surface area contributed by atoms with E-state index in [2.05, 4.69) is 15.3 Å². The third-order valence-electron chi connectivity index (χ3n) is 3.07. The van der Waals surface area contributed by atoms with Crippen LogP contribution in [0.3, 0.4) is 0 Å². The largest absolute Gasteiger partial charge is 0.358 e. The Morgan fingerprint density at radius 1 is 1.35 bits per heavy atom. The highest BCUT2D eigenvalue weighted by Crippen LogP contribution is 2.23. The summed E-state index contributed by atoms with van der Waals surface area (Å²) in [6.45, 7) is 5.92. The predicted octanol–water partition coefficient (Wildman–Crippen LogP) is 1.60. The number of carbonyl (C=O) groups is 2. The highest BCUT2D eigenvalue weighted by Gasteiger charge is 2.36. The fourth-order valence-corrected chi connectivity index (χ4v) is 2.06. The Kier molecular flexibility index (Phi) is 3.69. The van der Waals surface area contributed by atoms with Crippen molar-refractivity contribution in [3.8, 4) is 0 Å². The van der Waals surface area contributed by atoms with Gasteiger partial charge in [-0.2, -0.15) is 0 Å². The van der Waals surface area contributed by atoms with Gasteiger partial charge in [0.05, 0.1) is 6.42 Å². The molecule has 1 aromatic rings. The number of likely N-dealkylation sites (tertiary alicyclic amines) is 1. The first-order valence-corrected chi connectivity index (χ1v) is 6.68. The van der Waals surface area contributed by atoms with Crippen molar-refractivity contribution in [2.45, 2.75) is 38.6 Å². The van der Waals surface area contributed by atoms with Crippen molar-refractivity contribution in [2.24, 2.45) is 0 Å². The number of hydrogen-bond acceptors (Lipinski definition) is 5. The number of imide groups is 1. The first-order valence-electron chi connectivity index (χ1n) is 6.30. The Morgan fingerprint density at radius 3 is 2.50 bits per heavy atom. The number of carbonyl (C=O) groups excluding carboxylic acids is 2. The molecule has 2 heterocycles. The van der Waals surface area contributed by atoms with E-state index in [0.717, 1.165) is 4.90 Å². The van der Waals surface area contributed by atoms with Gasteiger partial charge in [-0.25, -0.2) is 9.97 Å². The van der Waals surface area contributed by atoms with Gasteiger partial charge >= 0.3 is 0 Å². The lowest BCUT2D eigenvalue weighted by Crippen LogP contribution is -2.32. The van der Waals surface area contributed by atoms with Crippen LogP contribution in [-0.2, 0) is 15.0 Å². The second-order valence-corrected chi connectivity index (χ2v) is 6.23. The first kappa shape index (κ1) is 14.7. The number of aromatic nitrogens is 2. The molecule has 1 unspecified atom stereocenters. The third kappa shape index (κ3) is 2.90. The number of hydrogen-bond donors (Lipinski definition) is 1.